The summed E-state index contributed by atoms with van der Waals surface area (Å²) in [6, 6.07) is -0.397. The number of epoxide rings is 1. The standard InChI is InChI=1S/C66H105N11O13S/c1-13-41(9)56(62(85)72-57(42(10)14-2)63(86)73-58(43(11)78)64(87)69-49(31-38(3)4)61(84)66(12)37-89-66)71-54(82)27-25-44-32-47(39(5)6)60(48(33-44)40(7)8)90-55(83)28-26-46(79)21-20-30-77-35-45(75-76-77)34-68-53(81)23-16-15-19-29-67-52(80)24-18-17-22-51-59-50(36-91-51)70-65(88)74-59/h32-33,35,38-43,49-51,56-59,78H,13-31,34,36-37H2,1-12H3,(H,67,80)(H,68,81)(H,69,87)(H,71,82)(H,72,85)(H,73,86)(H2,70,74,88)/t41-,42-,43+,49-,50-,51-,56-,57-,58-,59-,66+/m0/s1. The van der Waals surface area contributed by atoms with Gasteiger partial charge in [-0.2, -0.15) is 11.8 Å². The molecule has 25 heteroatoms. The summed E-state index contributed by atoms with van der Waals surface area (Å²) in [7, 11) is 0. The number of carbonyl (C=O) groups excluding carboxylic acids is 10. The van der Waals surface area contributed by atoms with Crippen molar-refractivity contribution in [2.24, 2.45) is 17.8 Å². The van der Waals surface area contributed by atoms with Crippen molar-refractivity contribution in [3.8, 4) is 5.75 Å². The van der Waals surface area contributed by atoms with E-state index in [1.54, 1.807) is 24.7 Å². The van der Waals surface area contributed by atoms with Crippen LogP contribution in [0.2, 0.25) is 0 Å². The Balaban J connectivity index is 1.02. The summed E-state index contributed by atoms with van der Waals surface area (Å²) in [6.45, 7) is 23.5. The van der Waals surface area contributed by atoms with Gasteiger partial charge in [-0.05, 0) is 105 Å². The number of carbonyl (C=O) groups is 10. The van der Waals surface area contributed by atoms with Crippen LogP contribution in [0.1, 0.15) is 220 Å². The lowest BCUT2D eigenvalue weighted by molar-refractivity contribution is -0.137. The van der Waals surface area contributed by atoms with E-state index >= 15 is 0 Å². The van der Waals surface area contributed by atoms with E-state index in [1.165, 1.54) is 6.92 Å². The number of ether oxygens (including phenoxy) is 2. The number of esters is 1. The van der Waals surface area contributed by atoms with Gasteiger partial charge in [-0.25, -0.2) is 4.79 Å². The van der Waals surface area contributed by atoms with Gasteiger partial charge in [0.2, 0.25) is 35.4 Å². The number of amides is 8. The van der Waals surface area contributed by atoms with Crippen molar-refractivity contribution in [1.82, 2.24) is 57.5 Å². The smallest absolute Gasteiger partial charge is 0.315 e. The second-order valence-corrected chi connectivity index (χ2v) is 27.7. The second-order valence-electron chi connectivity index (χ2n) is 26.4. The van der Waals surface area contributed by atoms with Gasteiger partial charge < -0.3 is 57.1 Å². The van der Waals surface area contributed by atoms with Gasteiger partial charge in [0.1, 0.15) is 41.0 Å². The summed E-state index contributed by atoms with van der Waals surface area (Å²) in [5, 5.41) is 42.3. The first-order valence-electron chi connectivity index (χ1n) is 33.2. The van der Waals surface area contributed by atoms with Gasteiger partial charge in [-0.1, -0.05) is 112 Å². The van der Waals surface area contributed by atoms with Gasteiger partial charge in [-0.3, -0.25) is 47.8 Å². The summed E-state index contributed by atoms with van der Waals surface area (Å²) in [6.07, 6.45) is 8.36. The largest absolute Gasteiger partial charge is 0.426 e. The molecule has 3 aliphatic rings. The number of unbranched alkanes of at least 4 members (excludes halogenated alkanes) is 3. The molecular formula is C66H105N11O13S. The highest BCUT2D eigenvalue weighted by Gasteiger charge is 2.50. The summed E-state index contributed by atoms with van der Waals surface area (Å²) < 4.78 is 13.0. The average Bonchev–Trinajstić information content (AvgIpc) is 1.92. The van der Waals surface area contributed by atoms with Crippen LogP contribution in [0.15, 0.2) is 18.3 Å². The number of nitrogens with one attached hydrogen (secondary N) is 8. The highest BCUT2D eigenvalue weighted by Crippen LogP contribution is 2.37. The first kappa shape index (κ1) is 75.3. The lowest BCUT2D eigenvalue weighted by Crippen LogP contribution is -2.62. The van der Waals surface area contributed by atoms with Crippen LogP contribution in [0, 0.1) is 17.8 Å². The molecule has 0 aliphatic carbocycles. The van der Waals surface area contributed by atoms with E-state index in [1.807, 2.05) is 86.2 Å². The summed E-state index contributed by atoms with van der Waals surface area (Å²) >= 11 is 1.88. The maximum atomic E-state index is 14.2. The van der Waals surface area contributed by atoms with Gasteiger partial charge in [0.05, 0.1) is 50.0 Å². The molecule has 2 aromatic rings. The zero-order valence-corrected chi connectivity index (χ0v) is 56.7. The number of urea groups is 1. The Morgan fingerprint density at radius 3 is 1.93 bits per heavy atom. The number of hydrogen-bond acceptors (Lipinski definition) is 16. The fourth-order valence-corrected chi connectivity index (χ4v) is 12.7. The number of thioether (sulfide) groups is 1. The molecule has 3 saturated heterocycles. The van der Waals surface area contributed by atoms with Gasteiger partial charge in [0.25, 0.3) is 0 Å². The quantitative estimate of drug-likeness (QED) is 0.0120. The highest BCUT2D eigenvalue weighted by atomic mass is 32.2. The fourth-order valence-electron chi connectivity index (χ4n) is 11.2. The van der Waals surface area contributed by atoms with E-state index in [0.29, 0.717) is 81.1 Å². The molecule has 24 nitrogen and oxygen atoms in total. The highest BCUT2D eigenvalue weighted by molar-refractivity contribution is 8.00. The predicted molar refractivity (Wildman–Crippen MR) is 346 cm³/mol. The third-order valence-electron chi connectivity index (χ3n) is 17.4. The van der Waals surface area contributed by atoms with Gasteiger partial charge in [0.15, 0.2) is 5.78 Å². The number of rotatable bonds is 42. The van der Waals surface area contributed by atoms with Crippen molar-refractivity contribution in [3.63, 3.8) is 0 Å². The minimum Gasteiger partial charge on any atom is -0.426 e. The van der Waals surface area contributed by atoms with Crippen LogP contribution in [0.25, 0.3) is 0 Å². The number of hydrogen-bond donors (Lipinski definition) is 9. The minimum atomic E-state index is -1.45. The van der Waals surface area contributed by atoms with E-state index in [-0.39, 0.29) is 104 Å². The van der Waals surface area contributed by atoms with E-state index < -0.39 is 71.4 Å². The van der Waals surface area contributed by atoms with Crippen molar-refractivity contribution >= 4 is 70.8 Å². The summed E-state index contributed by atoms with van der Waals surface area (Å²) in [5.74, 6) is -2.99. The molecule has 5 rings (SSSR count). The number of nitrogens with zero attached hydrogens (tertiary/aromatic N) is 3. The Labute approximate surface area is 542 Å². The number of aromatic nitrogens is 3. The fraction of sp³-hybridized carbons (Fsp3) is 0.727. The maximum absolute atomic E-state index is 14.2. The van der Waals surface area contributed by atoms with Crippen molar-refractivity contribution in [2.75, 3.05) is 18.9 Å². The van der Waals surface area contributed by atoms with Crippen LogP contribution >= 0.6 is 11.8 Å². The number of benzene rings is 1. The Morgan fingerprint density at radius 2 is 1.33 bits per heavy atom. The molecular weight excluding hydrogens is 1190 g/mol. The van der Waals surface area contributed by atoms with E-state index in [2.05, 4.69) is 52.8 Å². The molecule has 0 spiro atoms. The SMILES string of the molecule is CC[C@H](C)[C@H](NC(=O)CCc1cc(C(C)C)c(OC(=O)CCC(=O)CCCn2cc(CNC(=O)CCCCCNC(=O)CCCC[C@@H]3SC[C@@H]4NC(=O)N[C@@H]43)nn2)c(C(C)C)c1)C(=O)N[C@H](C(=O)N[C@H](C(=O)N[C@@H](CC(C)C)C(=O)[C@@]1(C)CO1)[C@@H](C)O)[C@@H](C)CC. The van der Waals surface area contributed by atoms with Crippen molar-refractivity contribution < 1.29 is 62.5 Å². The number of fused-ring (bicyclic) bond motifs is 1. The van der Waals surface area contributed by atoms with Crippen molar-refractivity contribution in [2.45, 2.75) is 270 Å². The third kappa shape index (κ3) is 24.2. The Hall–Kier alpha value is -6.47. The average molecular weight is 1290 g/mol. The number of Topliss-reactive ketones (excluding diaryl/α,β-unsaturated/α-hetero) is 2. The summed E-state index contributed by atoms with van der Waals surface area (Å²) in [5.41, 5.74) is 1.94. The molecule has 0 radical (unpaired) electrons. The number of aliphatic hydroxyl groups is 1. The van der Waals surface area contributed by atoms with Gasteiger partial charge in [0, 0.05) is 56.2 Å². The molecule has 8 amide bonds. The first-order valence-corrected chi connectivity index (χ1v) is 34.2. The maximum Gasteiger partial charge on any atom is 0.315 e. The van der Waals surface area contributed by atoms with Crippen LogP contribution < -0.4 is 47.3 Å². The molecule has 0 unspecified atom stereocenters. The van der Waals surface area contributed by atoms with E-state index in [4.69, 9.17) is 9.47 Å². The zero-order valence-electron chi connectivity index (χ0n) is 55.9. The van der Waals surface area contributed by atoms with Gasteiger partial charge >= 0.3 is 12.0 Å². The van der Waals surface area contributed by atoms with Crippen LogP contribution in [-0.2, 0) is 67.4 Å². The van der Waals surface area contributed by atoms with Crippen LogP contribution in [0.3, 0.4) is 0 Å². The van der Waals surface area contributed by atoms with Crippen LogP contribution in [-0.4, -0.2) is 151 Å². The number of aliphatic hydroxyl groups excluding tert-OH is 1. The molecule has 508 valence electrons. The van der Waals surface area contributed by atoms with Crippen LogP contribution in [0.4, 0.5) is 4.79 Å². The molecule has 91 heavy (non-hydrogen) atoms. The van der Waals surface area contributed by atoms with Crippen molar-refractivity contribution in [3.05, 3.63) is 40.7 Å². The minimum absolute atomic E-state index is 0.00448. The normalized spacial score (nSPS) is 19.8. The molecule has 11 atom stereocenters. The molecule has 0 saturated carbocycles. The molecule has 4 heterocycles. The lowest BCUT2D eigenvalue weighted by Gasteiger charge is -2.31. The topological polar surface area (TPSA) is 340 Å². The molecule has 0 bridgehead atoms. The first-order chi connectivity index (χ1) is 43.1. The molecule has 3 aliphatic heterocycles. The molecule has 1 aromatic heterocycles. The zero-order chi connectivity index (χ0) is 67.1. The number of ketones is 2. The van der Waals surface area contributed by atoms with E-state index in [9.17, 15) is 53.1 Å². The Bertz CT molecular complexity index is 2770. The third-order valence-corrected chi connectivity index (χ3v) is 18.9. The molecule has 1 aromatic carbocycles. The van der Waals surface area contributed by atoms with Crippen molar-refractivity contribution in [1.29, 1.82) is 0 Å². The summed E-state index contributed by atoms with van der Waals surface area (Å²) in [4.78, 5) is 132. The van der Waals surface area contributed by atoms with Crippen LogP contribution in [0.5, 0.6) is 5.75 Å². The van der Waals surface area contributed by atoms with E-state index in [0.717, 1.165) is 54.5 Å². The molecule has 3 fully saturated rings. The monoisotopic (exact) mass is 1290 g/mol. The Kier molecular flexibility index (Phi) is 30.3. The number of aryl methyl sites for hydroxylation is 2. The Morgan fingerprint density at radius 1 is 0.725 bits per heavy atom. The molecule has 9 N–H and O–H groups in total. The lowest BCUT2D eigenvalue weighted by atomic mass is 9.90. The second kappa shape index (κ2) is 36.7. The van der Waals surface area contributed by atoms with Gasteiger partial charge in [-0.15, -0.1) is 5.10 Å². The predicted octanol–water partition coefficient (Wildman–Crippen LogP) is 6.03.